The normalized spacial score (nSPS) is 31.0. The van der Waals surface area contributed by atoms with Gasteiger partial charge in [0.05, 0.1) is 23.7 Å². The fourth-order valence-electron chi connectivity index (χ4n) is 9.06. The van der Waals surface area contributed by atoms with Gasteiger partial charge < -0.3 is 23.7 Å². The van der Waals surface area contributed by atoms with E-state index in [1.807, 2.05) is 32.2 Å². The molecule has 6 rings (SSSR count). The van der Waals surface area contributed by atoms with Crippen LogP contribution in [0.3, 0.4) is 0 Å². The van der Waals surface area contributed by atoms with E-state index in [0.29, 0.717) is 30.0 Å². The van der Waals surface area contributed by atoms with Gasteiger partial charge in [-0.05, 0) is 99.2 Å². The highest BCUT2D eigenvalue weighted by Gasteiger charge is 2.48. The number of nitrogens with zero attached hydrogens (tertiary/aromatic N) is 3. The number of rotatable bonds is 10. The molecule has 1 aliphatic carbocycles. The smallest absolute Gasteiger partial charge is 0.292 e. The van der Waals surface area contributed by atoms with Crippen molar-refractivity contribution in [2.75, 3.05) is 78.1 Å². The Morgan fingerprint density at radius 3 is 2.59 bits per heavy atom. The molecule has 2 aromatic carbocycles. The number of halogens is 1. The first-order chi connectivity index (χ1) is 26.0. The van der Waals surface area contributed by atoms with E-state index in [2.05, 4.69) is 64.5 Å². The second kappa shape index (κ2) is 18.8. The third-order valence-corrected chi connectivity index (χ3v) is 14.6. The number of ether oxygens (including phenoxy) is 3. The van der Waals surface area contributed by atoms with Crippen LogP contribution < -0.4 is 14.4 Å². The zero-order valence-corrected chi connectivity index (χ0v) is 34.9. The zero-order valence-electron chi connectivity index (χ0n) is 33.4. The van der Waals surface area contributed by atoms with E-state index in [-0.39, 0.29) is 23.0 Å². The van der Waals surface area contributed by atoms with Gasteiger partial charge in [-0.25, -0.2) is 0 Å². The molecule has 8 atom stereocenters. The minimum absolute atomic E-state index is 0.0949. The molecule has 0 radical (unpaired) electrons. The molecule has 2 aromatic rings. The number of carbonyl (C=O) groups excluding carboxylic acids is 1. The lowest BCUT2D eigenvalue weighted by molar-refractivity contribution is -0.0963. The van der Waals surface area contributed by atoms with Gasteiger partial charge >= 0.3 is 0 Å². The minimum atomic E-state index is -1.55. The summed E-state index contributed by atoms with van der Waals surface area (Å²) < 4.78 is 35.1. The molecule has 1 saturated heterocycles. The van der Waals surface area contributed by atoms with E-state index in [1.54, 1.807) is 13.2 Å². The number of piperazine rings is 1. The van der Waals surface area contributed by atoms with Gasteiger partial charge in [0.1, 0.15) is 16.6 Å². The van der Waals surface area contributed by atoms with Crippen molar-refractivity contribution < 1.29 is 23.6 Å². The molecule has 0 aromatic heterocycles. The topological polar surface area (TPSA) is 89.6 Å². The number of allylic oxidation sites excluding steroid dienone is 1. The number of amides is 1. The molecular formula is C43H63ClN4O5S. The number of hydrogen-bond acceptors (Lipinski definition) is 8. The van der Waals surface area contributed by atoms with Crippen LogP contribution in [0.4, 0.5) is 5.69 Å². The molecule has 3 heterocycles. The predicted molar refractivity (Wildman–Crippen MR) is 220 cm³/mol. The third kappa shape index (κ3) is 9.44. The Morgan fingerprint density at radius 1 is 1.09 bits per heavy atom. The van der Waals surface area contributed by atoms with Crippen molar-refractivity contribution in [3.63, 3.8) is 0 Å². The number of carbonyl (C=O) groups is 1. The average molecular weight is 784 g/mol. The zero-order chi connectivity index (χ0) is 38.4. The Hall–Kier alpha value is -2.31. The van der Waals surface area contributed by atoms with Crippen LogP contribution in [0.25, 0.3) is 0 Å². The van der Waals surface area contributed by atoms with Gasteiger partial charge in [-0.15, -0.1) is 0 Å². The number of anilines is 1. The molecule has 1 amide bonds. The fourth-order valence-corrected chi connectivity index (χ4v) is 10.3. The average Bonchev–Trinajstić information content (AvgIpc) is 3.34. The van der Waals surface area contributed by atoms with Gasteiger partial charge in [-0.3, -0.25) is 14.6 Å². The van der Waals surface area contributed by atoms with Gasteiger partial charge in [-0.1, -0.05) is 50.1 Å². The fraction of sp³-hybridized carbons (Fsp3) is 0.651. The first-order valence-corrected chi connectivity index (χ1v) is 21.8. The van der Waals surface area contributed by atoms with Gasteiger partial charge in [-0.2, -0.15) is 4.72 Å². The number of benzene rings is 2. The van der Waals surface area contributed by atoms with E-state index >= 15 is 0 Å². The molecule has 298 valence electrons. The third-order valence-electron chi connectivity index (χ3n) is 12.9. The van der Waals surface area contributed by atoms with Crippen LogP contribution in [-0.2, 0) is 27.3 Å². The number of nitrogens with one attached hydrogen (secondary N) is 1. The predicted octanol–water partition coefficient (Wildman–Crippen LogP) is 7.11. The largest absolute Gasteiger partial charge is 0.593 e. The molecule has 2 fully saturated rings. The maximum absolute atomic E-state index is 13.6. The number of fused-ring (bicyclic) bond motifs is 2. The SMILES string of the molecule is CCCc1cc(Cl)ccc1[C@@H]1COc2ccc3cc2N(C1)C[C@@H]1CC[C@H]1[C@@](CN1CCN([C@@H](C)CCOC)CC1)(OC)/C=C/C[C@H](C)[C@@H](C)[S+]([O-])NC3=O. The molecule has 0 spiro atoms. The summed E-state index contributed by atoms with van der Waals surface area (Å²) in [6.07, 6.45) is 10.6. The van der Waals surface area contributed by atoms with Gasteiger partial charge in [0.2, 0.25) is 0 Å². The van der Waals surface area contributed by atoms with E-state index in [4.69, 9.17) is 25.8 Å². The maximum atomic E-state index is 13.6. The van der Waals surface area contributed by atoms with Crippen LogP contribution in [0.1, 0.15) is 87.2 Å². The summed E-state index contributed by atoms with van der Waals surface area (Å²) in [7, 11) is 3.67. The number of methoxy groups -OCH3 is 2. The van der Waals surface area contributed by atoms with Crippen molar-refractivity contribution in [1.29, 1.82) is 0 Å². The van der Waals surface area contributed by atoms with Gasteiger partial charge in [0.15, 0.2) is 0 Å². The summed E-state index contributed by atoms with van der Waals surface area (Å²) in [5, 5.41) is 0.524. The first kappa shape index (κ1) is 41.3. The molecule has 11 heteroatoms. The Labute approximate surface area is 332 Å². The van der Waals surface area contributed by atoms with E-state index < -0.39 is 17.0 Å². The van der Waals surface area contributed by atoms with Crippen molar-refractivity contribution in [1.82, 2.24) is 14.5 Å². The lowest BCUT2D eigenvalue weighted by Gasteiger charge is -2.52. The molecular weight excluding hydrogens is 720 g/mol. The second-order valence-corrected chi connectivity index (χ2v) is 18.3. The Kier molecular flexibility index (Phi) is 14.4. The number of aryl methyl sites for hydroxylation is 1. The van der Waals surface area contributed by atoms with Crippen molar-refractivity contribution in [2.24, 2.45) is 17.8 Å². The quantitative estimate of drug-likeness (QED) is 0.202. The van der Waals surface area contributed by atoms with Crippen molar-refractivity contribution in [2.45, 2.75) is 89.0 Å². The highest BCUT2D eigenvalue weighted by molar-refractivity contribution is 7.90. The molecule has 4 aliphatic rings. The number of hydrogen-bond donors (Lipinski definition) is 1. The van der Waals surface area contributed by atoms with Crippen molar-refractivity contribution >= 4 is 34.6 Å². The van der Waals surface area contributed by atoms with Crippen molar-refractivity contribution in [3.8, 4) is 5.75 Å². The van der Waals surface area contributed by atoms with Crippen LogP contribution in [0.15, 0.2) is 48.6 Å². The van der Waals surface area contributed by atoms with Crippen LogP contribution in [0, 0.1) is 17.8 Å². The van der Waals surface area contributed by atoms with Crippen LogP contribution in [-0.4, -0.2) is 110 Å². The molecule has 9 nitrogen and oxygen atoms in total. The van der Waals surface area contributed by atoms with Gasteiger partial charge in [0, 0.05) is 95.1 Å². The molecule has 1 N–H and O–H groups in total. The monoisotopic (exact) mass is 782 g/mol. The summed E-state index contributed by atoms with van der Waals surface area (Å²) >= 11 is 4.96. The maximum Gasteiger partial charge on any atom is 0.292 e. The Balaban J connectivity index is 1.33. The summed E-state index contributed by atoms with van der Waals surface area (Å²) in [5.74, 6) is 1.35. The van der Waals surface area contributed by atoms with E-state index in [1.165, 1.54) is 11.1 Å². The molecule has 2 bridgehead atoms. The Bertz CT molecular complexity index is 1590. The summed E-state index contributed by atoms with van der Waals surface area (Å²) in [6, 6.07) is 12.4. The highest BCUT2D eigenvalue weighted by Crippen LogP contribution is 2.47. The summed E-state index contributed by atoms with van der Waals surface area (Å²) in [4.78, 5) is 21.3. The lowest BCUT2D eigenvalue weighted by Crippen LogP contribution is -2.59. The first-order valence-electron chi connectivity index (χ1n) is 20.3. The van der Waals surface area contributed by atoms with Crippen molar-refractivity contribution in [3.05, 3.63) is 70.3 Å². The van der Waals surface area contributed by atoms with E-state index in [9.17, 15) is 9.35 Å². The summed E-state index contributed by atoms with van der Waals surface area (Å²) in [6.45, 7) is 16.4. The van der Waals surface area contributed by atoms with Gasteiger partial charge in [0.25, 0.3) is 5.91 Å². The second-order valence-electron chi connectivity index (χ2n) is 16.3. The molecule has 1 saturated carbocycles. The lowest BCUT2D eigenvalue weighted by atomic mass is 9.63. The Morgan fingerprint density at radius 2 is 1.89 bits per heavy atom. The minimum Gasteiger partial charge on any atom is -0.593 e. The van der Waals surface area contributed by atoms with Crippen LogP contribution in [0.5, 0.6) is 5.75 Å². The molecule has 1 unspecified atom stereocenters. The van der Waals surface area contributed by atoms with Crippen LogP contribution >= 0.6 is 11.6 Å². The molecule has 3 aliphatic heterocycles. The highest BCUT2D eigenvalue weighted by atomic mass is 35.5. The summed E-state index contributed by atoms with van der Waals surface area (Å²) in [5.41, 5.74) is 3.48. The van der Waals surface area contributed by atoms with Crippen LogP contribution in [0.2, 0.25) is 5.02 Å². The van der Waals surface area contributed by atoms with E-state index in [0.717, 1.165) is 107 Å². The standard InChI is InChI=1S/C43H63ClN4O5S/c1-7-9-33-24-37(44)13-14-38(33)36-27-48-26-35-11-15-39(35)43(52-6,29-46-19-21-47(22-20-46)31(3)17-23-51-5)18-8-10-30(2)32(4)54(50)45-42(49)34-12-16-41(53-28-36)40(48)25-34/h8,12-14,16,18,24-25,30-32,35-36,39H,7,9-11,15,17,19-23,26-29H2,1-6H3,(H,45,49)/b18-8+/t30-,31-,32+,35-,36-,39+,43+,54?/m0/s1. The molecule has 54 heavy (non-hydrogen) atoms.